The molecular formula is C17H14N4O2. The van der Waals surface area contributed by atoms with Crippen molar-refractivity contribution < 1.29 is 9.26 Å². The second kappa shape index (κ2) is 5.24. The summed E-state index contributed by atoms with van der Waals surface area (Å²) in [5.74, 6) is 1.65. The smallest absolute Gasteiger partial charge is 0.262 e. The Balaban J connectivity index is 1.77. The third kappa shape index (κ3) is 2.24. The highest BCUT2D eigenvalue weighted by molar-refractivity contribution is 5.80. The number of benzene rings is 2. The van der Waals surface area contributed by atoms with Crippen LogP contribution in [0.15, 0.2) is 53.3 Å². The van der Waals surface area contributed by atoms with Gasteiger partial charge in [-0.15, -0.1) is 0 Å². The van der Waals surface area contributed by atoms with Gasteiger partial charge in [0.05, 0.1) is 30.0 Å². The van der Waals surface area contributed by atoms with Gasteiger partial charge in [0.25, 0.3) is 5.89 Å². The topological polar surface area (TPSA) is 66.0 Å². The van der Waals surface area contributed by atoms with E-state index in [0.29, 0.717) is 17.5 Å². The zero-order valence-corrected chi connectivity index (χ0v) is 12.7. The number of aromatic nitrogens is 4. The number of imidazole rings is 1. The molecule has 0 aliphatic carbocycles. The summed E-state index contributed by atoms with van der Waals surface area (Å²) in [5, 5.41) is 4.08. The lowest BCUT2D eigenvalue weighted by molar-refractivity contribution is 0.405. The lowest BCUT2D eigenvalue weighted by Crippen LogP contribution is -1.88. The lowest BCUT2D eigenvalue weighted by Gasteiger charge is -2.02. The Hall–Kier alpha value is -3.15. The van der Waals surface area contributed by atoms with Gasteiger partial charge in [-0.25, -0.2) is 4.98 Å². The van der Waals surface area contributed by atoms with Crippen molar-refractivity contribution in [2.24, 2.45) is 7.05 Å². The number of hydrogen-bond donors (Lipinski definition) is 0. The quantitative estimate of drug-likeness (QED) is 0.581. The van der Waals surface area contributed by atoms with Crippen LogP contribution in [0.4, 0.5) is 0 Å². The molecule has 0 fully saturated rings. The van der Waals surface area contributed by atoms with Gasteiger partial charge in [-0.1, -0.05) is 17.3 Å². The molecule has 0 aliphatic rings. The van der Waals surface area contributed by atoms with Gasteiger partial charge in [0.2, 0.25) is 5.82 Å². The zero-order valence-electron chi connectivity index (χ0n) is 12.7. The Morgan fingerprint density at radius 3 is 2.87 bits per heavy atom. The molecule has 0 N–H and O–H groups in total. The number of hydrogen-bond acceptors (Lipinski definition) is 5. The number of para-hydroxylation sites is 1. The predicted octanol–water partition coefficient (Wildman–Crippen LogP) is 3.30. The van der Waals surface area contributed by atoms with Crippen LogP contribution < -0.4 is 4.74 Å². The molecule has 0 radical (unpaired) electrons. The fraction of sp³-hybridized carbons (Fsp3) is 0.118. The summed E-state index contributed by atoms with van der Waals surface area (Å²) in [5.41, 5.74) is 3.59. The van der Waals surface area contributed by atoms with Gasteiger partial charge in [0.15, 0.2) is 0 Å². The van der Waals surface area contributed by atoms with Crippen LogP contribution in [0.2, 0.25) is 0 Å². The second-order valence-corrected chi connectivity index (χ2v) is 5.18. The molecule has 0 saturated heterocycles. The predicted molar refractivity (Wildman–Crippen MR) is 86.0 cm³/mol. The molecule has 0 amide bonds. The summed E-state index contributed by atoms with van der Waals surface area (Å²) < 4.78 is 12.7. The van der Waals surface area contributed by atoms with Crippen molar-refractivity contribution in [3.63, 3.8) is 0 Å². The molecule has 6 heteroatoms. The molecule has 6 nitrogen and oxygen atoms in total. The SMILES string of the molecule is COc1ccccc1-c1nc(-c2ccc3c(c2)ncn3C)no1. The van der Waals surface area contributed by atoms with Gasteiger partial charge < -0.3 is 13.8 Å². The van der Waals surface area contributed by atoms with Gasteiger partial charge in [-0.3, -0.25) is 0 Å². The van der Waals surface area contributed by atoms with Crippen LogP contribution in [0.25, 0.3) is 33.9 Å². The maximum absolute atomic E-state index is 5.40. The molecule has 0 bridgehead atoms. The van der Waals surface area contributed by atoms with E-state index in [9.17, 15) is 0 Å². The number of aryl methyl sites for hydroxylation is 1. The van der Waals surface area contributed by atoms with E-state index in [1.807, 2.05) is 54.1 Å². The van der Waals surface area contributed by atoms with Crippen molar-refractivity contribution in [1.29, 1.82) is 0 Å². The first kappa shape index (κ1) is 13.5. The van der Waals surface area contributed by atoms with Crippen LogP contribution in [0.3, 0.4) is 0 Å². The summed E-state index contributed by atoms with van der Waals surface area (Å²) >= 11 is 0. The van der Waals surface area contributed by atoms with E-state index >= 15 is 0 Å². The summed E-state index contributed by atoms with van der Waals surface area (Å²) in [6.07, 6.45) is 1.78. The maximum Gasteiger partial charge on any atom is 0.262 e. The fourth-order valence-electron chi connectivity index (χ4n) is 2.55. The first-order chi connectivity index (χ1) is 11.3. The summed E-state index contributed by atoms with van der Waals surface area (Å²) in [6.45, 7) is 0. The van der Waals surface area contributed by atoms with Gasteiger partial charge in [-0.2, -0.15) is 4.98 Å². The molecule has 0 aliphatic heterocycles. The summed E-state index contributed by atoms with van der Waals surface area (Å²) in [7, 11) is 3.58. The van der Waals surface area contributed by atoms with Crippen molar-refractivity contribution in [2.75, 3.05) is 7.11 Å². The van der Waals surface area contributed by atoms with Crippen LogP contribution in [-0.4, -0.2) is 26.8 Å². The highest BCUT2D eigenvalue weighted by atomic mass is 16.5. The lowest BCUT2D eigenvalue weighted by atomic mass is 10.2. The minimum atomic E-state index is 0.429. The molecular weight excluding hydrogens is 292 g/mol. The molecule has 0 atom stereocenters. The van der Waals surface area contributed by atoms with Gasteiger partial charge >= 0.3 is 0 Å². The van der Waals surface area contributed by atoms with Crippen molar-refractivity contribution in [3.05, 3.63) is 48.8 Å². The van der Waals surface area contributed by atoms with E-state index in [1.165, 1.54) is 0 Å². The molecule has 0 unspecified atom stereocenters. The fourth-order valence-corrected chi connectivity index (χ4v) is 2.55. The molecule has 2 aromatic carbocycles. The van der Waals surface area contributed by atoms with Gasteiger partial charge in [0, 0.05) is 12.6 Å². The average Bonchev–Trinajstić information content (AvgIpc) is 3.22. The minimum Gasteiger partial charge on any atom is -0.496 e. The Bertz CT molecular complexity index is 987. The molecule has 23 heavy (non-hydrogen) atoms. The zero-order chi connectivity index (χ0) is 15.8. The standard InChI is InChI=1S/C17H14N4O2/c1-21-10-18-13-9-11(7-8-14(13)21)16-19-17(23-20-16)12-5-3-4-6-15(12)22-2/h3-10H,1-2H3. The molecule has 0 spiro atoms. The number of fused-ring (bicyclic) bond motifs is 1. The van der Waals surface area contributed by atoms with E-state index in [2.05, 4.69) is 15.1 Å². The van der Waals surface area contributed by atoms with Crippen molar-refractivity contribution in [3.8, 4) is 28.6 Å². The van der Waals surface area contributed by atoms with Crippen LogP contribution in [0.1, 0.15) is 0 Å². The van der Waals surface area contributed by atoms with Gasteiger partial charge in [0.1, 0.15) is 5.75 Å². The van der Waals surface area contributed by atoms with Gasteiger partial charge in [-0.05, 0) is 30.3 Å². The highest BCUT2D eigenvalue weighted by Crippen LogP contribution is 2.30. The molecule has 2 heterocycles. The van der Waals surface area contributed by atoms with Crippen LogP contribution in [0.5, 0.6) is 5.75 Å². The third-order valence-corrected chi connectivity index (χ3v) is 3.75. The normalized spacial score (nSPS) is 11.0. The van der Waals surface area contributed by atoms with E-state index < -0.39 is 0 Å². The average molecular weight is 306 g/mol. The van der Waals surface area contributed by atoms with E-state index in [-0.39, 0.29) is 0 Å². The number of nitrogens with zero attached hydrogens (tertiary/aromatic N) is 4. The highest BCUT2D eigenvalue weighted by Gasteiger charge is 2.15. The number of rotatable bonds is 3. The van der Waals surface area contributed by atoms with Crippen LogP contribution >= 0.6 is 0 Å². The van der Waals surface area contributed by atoms with Crippen molar-refractivity contribution in [2.45, 2.75) is 0 Å². The molecule has 0 saturated carbocycles. The van der Waals surface area contributed by atoms with E-state index in [0.717, 1.165) is 22.2 Å². The Labute approximate surface area is 132 Å². The Morgan fingerprint density at radius 2 is 2.00 bits per heavy atom. The molecule has 2 aromatic heterocycles. The van der Waals surface area contributed by atoms with Crippen LogP contribution in [0, 0.1) is 0 Å². The van der Waals surface area contributed by atoms with Crippen molar-refractivity contribution >= 4 is 11.0 Å². The first-order valence-corrected chi connectivity index (χ1v) is 7.15. The van der Waals surface area contributed by atoms with E-state index in [1.54, 1.807) is 13.4 Å². The third-order valence-electron chi connectivity index (χ3n) is 3.75. The number of ether oxygens (including phenoxy) is 1. The molecule has 114 valence electrons. The number of methoxy groups -OCH3 is 1. The van der Waals surface area contributed by atoms with Crippen molar-refractivity contribution in [1.82, 2.24) is 19.7 Å². The van der Waals surface area contributed by atoms with E-state index in [4.69, 9.17) is 9.26 Å². The minimum absolute atomic E-state index is 0.429. The molecule has 4 aromatic rings. The maximum atomic E-state index is 5.40. The second-order valence-electron chi connectivity index (χ2n) is 5.18. The molecule has 4 rings (SSSR count). The summed E-state index contributed by atoms with van der Waals surface area (Å²) in [6, 6.07) is 13.5. The summed E-state index contributed by atoms with van der Waals surface area (Å²) in [4.78, 5) is 8.83. The largest absolute Gasteiger partial charge is 0.496 e. The monoisotopic (exact) mass is 306 g/mol. The first-order valence-electron chi connectivity index (χ1n) is 7.15. The van der Waals surface area contributed by atoms with Crippen LogP contribution in [-0.2, 0) is 7.05 Å². The Kier molecular flexibility index (Phi) is 3.08. The Morgan fingerprint density at radius 1 is 1.13 bits per heavy atom.